The lowest BCUT2D eigenvalue weighted by Gasteiger charge is -2.14. The maximum atomic E-state index is 13.4. The van der Waals surface area contributed by atoms with Crippen molar-refractivity contribution in [2.45, 2.75) is 26.4 Å². The van der Waals surface area contributed by atoms with Gasteiger partial charge in [0, 0.05) is 41.7 Å². The molecule has 2 amide bonds. The first-order valence-corrected chi connectivity index (χ1v) is 10.7. The van der Waals surface area contributed by atoms with E-state index in [0.717, 1.165) is 0 Å². The molecule has 3 aromatic rings. The number of hydrogen-bond donors (Lipinski definition) is 2. The third-order valence-corrected chi connectivity index (χ3v) is 5.35. The lowest BCUT2D eigenvalue weighted by Crippen LogP contribution is -2.23. The second-order valence-corrected chi connectivity index (χ2v) is 7.77. The Labute approximate surface area is 196 Å². The van der Waals surface area contributed by atoms with Crippen LogP contribution in [0.25, 0.3) is 0 Å². The molecule has 1 aromatic heterocycles. The van der Waals surface area contributed by atoms with Crippen molar-refractivity contribution in [2.24, 2.45) is 4.99 Å². The summed E-state index contributed by atoms with van der Waals surface area (Å²) in [5.74, 6) is 0.356. The van der Waals surface area contributed by atoms with E-state index in [1.807, 2.05) is 6.92 Å². The minimum Gasteiger partial charge on any atom is -0.457 e. The normalized spacial score (nSPS) is 14.4. The molecule has 1 aliphatic rings. The molecular formula is C26H23FN4O3. The number of amides is 2. The summed E-state index contributed by atoms with van der Waals surface area (Å²) in [6, 6.07) is 14.3. The lowest BCUT2D eigenvalue weighted by molar-refractivity contribution is -0.113. The van der Waals surface area contributed by atoms with Crippen molar-refractivity contribution >= 4 is 23.8 Å². The maximum Gasteiger partial charge on any atom is 0.254 e. The van der Waals surface area contributed by atoms with Crippen LogP contribution in [0.5, 0.6) is 11.5 Å². The molecule has 0 aliphatic carbocycles. The van der Waals surface area contributed by atoms with Crippen LogP contribution in [0.2, 0.25) is 0 Å². The number of nitrogens with zero attached hydrogens (tertiary/aromatic N) is 2. The van der Waals surface area contributed by atoms with Crippen molar-refractivity contribution in [3.05, 3.63) is 95.0 Å². The minimum absolute atomic E-state index is 0.197. The number of anilines is 1. The fraction of sp³-hybridized carbons (Fsp3) is 0.154. The summed E-state index contributed by atoms with van der Waals surface area (Å²) in [5.41, 5.74) is 2.31. The smallest absolute Gasteiger partial charge is 0.254 e. The van der Waals surface area contributed by atoms with Gasteiger partial charge in [0.25, 0.3) is 11.8 Å². The molecule has 2 N–H and O–H groups in total. The molecule has 7 nitrogen and oxygen atoms in total. The van der Waals surface area contributed by atoms with E-state index in [4.69, 9.17) is 4.74 Å². The molecular weight excluding hydrogens is 435 g/mol. The van der Waals surface area contributed by atoms with Crippen LogP contribution in [-0.2, 0) is 11.3 Å². The molecule has 2 aromatic carbocycles. The summed E-state index contributed by atoms with van der Waals surface area (Å²) in [7, 11) is 0. The van der Waals surface area contributed by atoms with Crippen LogP contribution in [0, 0.1) is 12.7 Å². The van der Waals surface area contributed by atoms with Gasteiger partial charge in [-0.05, 0) is 55.8 Å². The lowest BCUT2D eigenvalue weighted by atomic mass is 10.1. The molecule has 0 radical (unpaired) electrons. The summed E-state index contributed by atoms with van der Waals surface area (Å²) in [6.07, 6.45) is 4.81. The van der Waals surface area contributed by atoms with Gasteiger partial charge in [0.15, 0.2) is 0 Å². The fourth-order valence-corrected chi connectivity index (χ4v) is 3.49. The van der Waals surface area contributed by atoms with Crippen molar-refractivity contribution in [3.63, 3.8) is 0 Å². The quantitative estimate of drug-likeness (QED) is 0.542. The molecule has 0 fully saturated rings. The van der Waals surface area contributed by atoms with Gasteiger partial charge in [-0.2, -0.15) is 0 Å². The van der Waals surface area contributed by atoms with Crippen molar-refractivity contribution in [2.75, 3.05) is 5.32 Å². The van der Waals surface area contributed by atoms with Crippen molar-refractivity contribution in [1.29, 1.82) is 0 Å². The molecule has 2 heterocycles. The number of carbonyl (C=O) groups is 2. The molecule has 0 saturated carbocycles. The number of rotatable bonds is 7. The highest BCUT2D eigenvalue weighted by Gasteiger charge is 2.19. The van der Waals surface area contributed by atoms with Gasteiger partial charge in [-0.15, -0.1) is 0 Å². The highest BCUT2D eigenvalue weighted by molar-refractivity contribution is 6.07. The highest BCUT2D eigenvalue weighted by atomic mass is 19.1. The second-order valence-electron chi connectivity index (χ2n) is 7.77. The summed E-state index contributed by atoms with van der Waals surface area (Å²) < 4.78 is 19.4. The van der Waals surface area contributed by atoms with Crippen LogP contribution in [0.4, 0.5) is 10.2 Å². The first-order chi connectivity index (χ1) is 16.4. The van der Waals surface area contributed by atoms with Gasteiger partial charge >= 0.3 is 0 Å². The zero-order chi connectivity index (χ0) is 24.1. The summed E-state index contributed by atoms with van der Waals surface area (Å²) in [6.45, 7) is 3.82. The molecule has 34 heavy (non-hydrogen) atoms. The van der Waals surface area contributed by atoms with Gasteiger partial charge in [0.1, 0.15) is 23.1 Å². The molecule has 0 saturated heterocycles. The average molecular weight is 458 g/mol. The Kier molecular flexibility index (Phi) is 6.77. The fourth-order valence-electron chi connectivity index (χ4n) is 3.49. The Morgan fingerprint density at radius 1 is 1.09 bits per heavy atom. The molecule has 0 spiro atoms. The largest absolute Gasteiger partial charge is 0.457 e. The number of halogens is 1. The maximum absolute atomic E-state index is 13.4. The second kappa shape index (κ2) is 10.1. The Morgan fingerprint density at radius 2 is 1.91 bits per heavy atom. The molecule has 1 unspecified atom stereocenters. The van der Waals surface area contributed by atoms with E-state index in [1.54, 1.807) is 61.7 Å². The molecule has 1 aliphatic heterocycles. The minimum atomic E-state index is -0.353. The van der Waals surface area contributed by atoms with E-state index in [2.05, 4.69) is 20.6 Å². The first kappa shape index (κ1) is 22.8. The average Bonchev–Trinajstić information content (AvgIpc) is 3.25. The van der Waals surface area contributed by atoms with Crippen LogP contribution >= 0.6 is 0 Å². The van der Waals surface area contributed by atoms with Crippen LogP contribution in [-0.4, -0.2) is 29.1 Å². The molecule has 4 rings (SSSR count). The first-order valence-electron chi connectivity index (χ1n) is 10.7. The van der Waals surface area contributed by atoms with Crippen molar-refractivity contribution in [1.82, 2.24) is 10.3 Å². The van der Waals surface area contributed by atoms with Crippen molar-refractivity contribution < 1.29 is 18.7 Å². The van der Waals surface area contributed by atoms with E-state index in [9.17, 15) is 14.0 Å². The van der Waals surface area contributed by atoms with Gasteiger partial charge in [0.2, 0.25) is 0 Å². The predicted molar refractivity (Wildman–Crippen MR) is 128 cm³/mol. The molecule has 0 bridgehead atoms. The number of carbonyl (C=O) groups excluding carboxylic acids is 2. The van der Waals surface area contributed by atoms with Gasteiger partial charge < -0.3 is 15.4 Å². The number of nitrogens with one attached hydrogen (secondary N) is 2. The Balaban J connectivity index is 1.44. The third-order valence-electron chi connectivity index (χ3n) is 5.35. The number of hydrogen-bond acceptors (Lipinski definition) is 5. The zero-order valence-electron chi connectivity index (χ0n) is 18.7. The Morgan fingerprint density at radius 3 is 2.68 bits per heavy atom. The van der Waals surface area contributed by atoms with E-state index in [0.29, 0.717) is 39.6 Å². The SMILES string of the molecule is Cc1c(Oc2ccnc(NC(=O)C3=CC=NC3C)c2)cccc1C(=O)NCc1cccc(F)c1. The molecule has 172 valence electrons. The van der Waals surface area contributed by atoms with Gasteiger partial charge in [-0.25, -0.2) is 9.37 Å². The summed E-state index contributed by atoms with van der Waals surface area (Å²) >= 11 is 0. The van der Waals surface area contributed by atoms with Crippen molar-refractivity contribution in [3.8, 4) is 11.5 Å². The standard InChI is InChI=1S/C26H23FN4O3/c1-16-21(25(32)30-15-18-5-3-6-19(27)13-18)7-4-8-23(16)34-20-9-11-29-24(14-20)31-26(33)22-10-12-28-17(22)2/h3-14,17H,15H2,1-2H3,(H,30,32)(H,29,31,33). The van der Waals surface area contributed by atoms with E-state index in [-0.39, 0.29) is 30.2 Å². The van der Waals surface area contributed by atoms with Gasteiger partial charge in [-0.3, -0.25) is 14.6 Å². The zero-order valence-corrected chi connectivity index (χ0v) is 18.7. The number of ether oxygens (including phenoxy) is 1. The van der Waals surface area contributed by atoms with Crippen LogP contribution in [0.3, 0.4) is 0 Å². The van der Waals surface area contributed by atoms with Gasteiger partial charge in [0.05, 0.1) is 6.04 Å². The number of allylic oxidation sites excluding steroid dienone is 1. The number of pyridine rings is 1. The summed E-state index contributed by atoms with van der Waals surface area (Å²) in [5, 5.41) is 5.55. The number of benzene rings is 2. The van der Waals surface area contributed by atoms with E-state index < -0.39 is 0 Å². The molecule has 8 heteroatoms. The third kappa shape index (κ3) is 5.35. The summed E-state index contributed by atoms with van der Waals surface area (Å²) in [4.78, 5) is 33.5. The Bertz CT molecular complexity index is 1300. The highest BCUT2D eigenvalue weighted by Crippen LogP contribution is 2.28. The van der Waals surface area contributed by atoms with Gasteiger partial charge in [-0.1, -0.05) is 18.2 Å². The van der Waals surface area contributed by atoms with Crippen LogP contribution in [0.1, 0.15) is 28.4 Å². The predicted octanol–water partition coefficient (Wildman–Crippen LogP) is 4.59. The topological polar surface area (TPSA) is 92.7 Å². The van der Waals surface area contributed by atoms with E-state index >= 15 is 0 Å². The van der Waals surface area contributed by atoms with E-state index in [1.165, 1.54) is 18.3 Å². The number of aliphatic imine (C=N–C) groups is 1. The monoisotopic (exact) mass is 458 g/mol. The Hall–Kier alpha value is -4.33. The van der Waals surface area contributed by atoms with Crippen LogP contribution < -0.4 is 15.4 Å². The number of aromatic nitrogens is 1. The molecule has 1 atom stereocenters. The van der Waals surface area contributed by atoms with Crippen LogP contribution in [0.15, 0.2) is 77.4 Å².